The number of methoxy groups -OCH3 is 1. The number of carboxylic acids is 1. The summed E-state index contributed by atoms with van der Waals surface area (Å²) in [5, 5.41) is 15.0. The Bertz CT molecular complexity index is 132. The van der Waals surface area contributed by atoms with Crippen LogP contribution in [-0.2, 0) is 9.53 Å². The molecule has 0 rings (SSSR count). The summed E-state index contributed by atoms with van der Waals surface area (Å²) in [7, 11) is 1.36. The molecule has 0 heterocycles. The van der Waals surface area contributed by atoms with Gasteiger partial charge in [-0.15, -0.1) is 0 Å². The average molecular weight is 131 g/mol. The zero-order chi connectivity index (χ0) is 7.44. The smallest absolute Gasteiger partial charge is 0.352 e. The summed E-state index contributed by atoms with van der Waals surface area (Å²) in [6, 6.07) is 0. The normalized spacial score (nSPS) is 12.7. The average Bonchev–Trinajstić information content (AvgIpc) is 1.84. The van der Waals surface area contributed by atoms with Crippen LogP contribution in [0.25, 0.3) is 0 Å². The molecule has 0 bridgehead atoms. The third-order valence-corrected chi connectivity index (χ3v) is 0.990. The molecule has 52 valence electrons. The van der Waals surface area contributed by atoms with Crippen molar-refractivity contribution in [2.45, 2.75) is 13.0 Å². The number of ether oxygens (including phenoxy) is 1. The Morgan fingerprint density at radius 2 is 2.22 bits per heavy atom. The summed E-state index contributed by atoms with van der Waals surface area (Å²) in [5.41, 5.74) is -0.419. The number of carboxylic acid groups (broad SMARTS) is 1. The van der Waals surface area contributed by atoms with Gasteiger partial charge in [0, 0.05) is 7.11 Å². The van der Waals surface area contributed by atoms with Crippen molar-refractivity contribution in [3.63, 3.8) is 0 Å². The van der Waals surface area contributed by atoms with Gasteiger partial charge in [-0.2, -0.15) is 0 Å². The fourth-order valence-electron chi connectivity index (χ4n) is 0.292. The van der Waals surface area contributed by atoms with Crippen LogP contribution in [0, 0.1) is 5.41 Å². The molecule has 1 atom stereocenters. The van der Waals surface area contributed by atoms with E-state index in [0.29, 0.717) is 0 Å². The molecule has 0 aromatic carbocycles. The van der Waals surface area contributed by atoms with Crippen molar-refractivity contribution >= 4 is 11.7 Å². The van der Waals surface area contributed by atoms with Gasteiger partial charge in [0.2, 0.25) is 0 Å². The molecular formula is C5H9NO3. The first-order chi connectivity index (χ1) is 4.09. The third kappa shape index (κ3) is 2.23. The summed E-state index contributed by atoms with van der Waals surface area (Å²) >= 11 is 0. The first-order valence-corrected chi connectivity index (χ1v) is 2.44. The van der Waals surface area contributed by atoms with Crippen molar-refractivity contribution in [2.24, 2.45) is 0 Å². The highest BCUT2D eigenvalue weighted by molar-refractivity contribution is 6.35. The van der Waals surface area contributed by atoms with E-state index in [2.05, 4.69) is 4.74 Å². The first-order valence-electron chi connectivity index (χ1n) is 2.44. The highest BCUT2D eigenvalue weighted by Gasteiger charge is 2.13. The predicted molar refractivity (Wildman–Crippen MR) is 31.8 cm³/mol. The van der Waals surface area contributed by atoms with Crippen molar-refractivity contribution in [1.29, 1.82) is 5.41 Å². The molecule has 0 fully saturated rings. The van der Waals surface area contributed by atoms with Crippen molar-refractivity contribution in [2.75, 3.05) is 7.11 Å². The van der Waals surface area contributed by atoms with Crippen molar-refractivity contribution in [3.8, 4) is 0 Å². The monoisotopic (exact) mass is 131 g/mol. The number of nitrogens with one attached hydrogen (secondary N) is 1. The second-order valence-electron chi connectivity index (χ2n) is 1.60. The SMILES string of the molecule is CO[C@H](C)C(=N)C(=O)O. The maximum absolute atomic E-state index is 10.00. The summed E-state index contributed by atoms with van der Waals surface area (Å²) in [6.07, 6.45) is -0.623. The summed E-state index contributed by atoms with van der Waals surface area (Å²) in [4.78, 5) is 10.00. The lowest BCUT2D eigenvalue weighted by atomic mass is 10.2. The van der Waals surface area contributed by atoms with E-state index in [1.54, 1.807) is 0 Å². The van der Waals surface area contributed by atoms with Crippen molar-refractivity contribution in [3.05, 3.63) is 0 Å². The van der Waals surface area contributed by atoms with Crippen molar-refractivity contribution < 1.29 is 14.6 Å². The molecule has 2 N–H and O–H groups in total. The van der Waals surface area contributed by atoms with Crippen LogP contribution in [0.3, 0.4) is 0 Å². The zero-order valence-electron chi connectivity index (χ0n) is 5.34. The van der Waals surface area contributed by atoms with Crippen LogP contribution in [-0.4, -0.2) is 30.0 Å². The fourth-order valence-corrected chi connectivity index (χ4v) is 0.292. The highest BCUT2D eigenvalue weighted by Crippen LogP contribution is 1.89. The van der Waals surface area contributed by atoms with Gasteiger partial charge >= 0.3 is 5.97 Å². The second-order valence-corrected chi connectivity index (χ2v) is 1.60. The number of carbonyl (C=O) groups is 1. The fraction of sp³-hybridized carbons (Fsp3) is 0.600. The molecule has 0 saturated carbocycles. The molecule has 0 radical (unpaired) electrons. The molecule has 0 spiro atoms. The number of hydrogen-bond donors (Lipinski definition) is 2. The Morgan fingerprint density at radius 1 is 1.78 bits per heavy atom. The Labute approximate surface area is 53.0 Å². The lowest BCUT2D eigenvalue weighted by Crippen LogP contribution is -2.26. The van der Waals surface area contributed by atoms with Crippen LogP contribution in [0.1, 0.15) is 6.92 Å². The van der Waals surface area contributed by atoms with E-state index in [4.69, 9.17) is 10.5 Å². The minimum atomic E-state index is -1.23. The molecule has 4 nitrogen and oxygen atoms in total. The standard InChI is InChI=1S/C5H9NO3/c1-3(9-2)4(6)5(7)8/h3,6H,1-2H3,(H,7,8)/t3-/m1/s1. The highest BCUT2D eigenvalue weighted by atomic mass is 16.5. The Morgan fingerprint density at radius 3 is 2.33 bits per heavy atom. The van der Waals surface area contributed by atoms with E-state index in [1.807, 2.05) is 0 Å². The quantitative estimate of drug-likeness (QED) is 0.534. The minimum Gasteiger partial charge on any atom is -0.477 e. The number of rotatable bonds is 3. The predicted octanol–water partition coefficient (Wildman–Crippen LogP) is 0.126. The van der Waals surface area contributed by atoms with E-state index in [0.717, 1.165) is 0 Å². The van der Waals surface area contributed by atoms with E-state index < -0.39 is 17.8 Å². The van der Waals surface area contributed by atoms with E-state index in [1.165, 1.54) is 14.0 Å². The largest absolute Gasteiger partial charge is 0.477 e. The molecule has 0 amide bonds. The molecule has 0 aliphatic heterocycles. The summed E-state index contributed by atoms with van der Waals surface area (Å²) in [5.74, 6) is -1.23. The summed E-state index contributed by atoms with van der Waals surface area (Å²) in [6.45, 7) is 1.51. The van der Waals surface area contributed by atoms with Gasteiger partial charge in [0.05, 0.1) is 0 Å². The topological polar surface area (TPSA) is 70.4 Å². The molecule has 4 heteroatoms. The van der Waals surface area contributed by atoms with Crippen molar-refractivity contribution in [1.82, 2.24) is 0 Å². The van der Waals surface area contributed by atoms with Crippen LogP contribution in [0.4, 0.5) is 0 Å². The van der Waals surface area contributed by atoms with Crippen LogP contribution in [0.5, 0.6) is 0 Å². The summed E-state index contributed by atoms with van der Waals surface area (Å²) < 4.78 is 4.57. The molecule has 0 aliphatic carbocycles. The van der Waals surface area contributed by atoms with Crippen LogP contribution in [0.2, 0.25) is 0 Å². The Kier molecular flexibility index (Phi) is 2.87. The lowest BCUT2D eigenvalue weighted by Gasteiger charge is -2.04. The van der Waals surface area contributed by atoms with Gasteiger partial charge < -0.3 is 9.84 Å². The van der Waals surface area contributed by atoms with Crippen LogP contribution < -0.4 is 0 Å². The van der Waals surface area contributed by atoms with Crippen LogP contribution in [0.15, 0.2) is 0 Å². The van der Waals surface area contributed by atoms with E-state index in [-0.39, 0.29) is 0 Å². The molecule has 0 aliphatic rings. The molecule has 9 heavy (non-hydrogen) atoms. The van der Waals surface area contributed by atoms with E-state index in [9.17, 15) is 4.79 Å². The van der Waals surface area contributed by atoms with Gasteiger partial charge in [0.15, 0.2) is 0 Å². The van der Waals surface area contributed by atoms with Gasteiger partial charge in [0.25, 0.3) is 0 Å². The zero-order valence-corrected chi connectivity index (χ0v) is 5.34. The first kappa shape index (κ1) is 8.10. The maximum atomic E-state index is 10.00. The van der Waals surface area contributed by atoms with Crippen LogP contribution >= 0.6 is 0 Å². The molecular weight excluding hydrogens is 122 g/mol. The lowest BCUT2D eigenvalue weighted by molar-refractivity contribution is -0.130. The molecule has 0 unspecified atom stereocenters. The van der Waals surface area contributed by atoms with Gasteiger partial charge in [-0.25, -0.2) is 4.79 Å². The number of aliphatic carboxylic acids is 1. The third-order valence-electron chi connectivity index (χ3n) is 0.990. The molecule has 0 aromatic rings. The molecule has 0 saturated heterocycles. The second kappa shape index (κ2) is 3.19. The number of hydrogen-bond acceptors (Lipinski definition) is 3. The Balaban J connectivity index is 3.88. The van der Waals surface area contributed by atoms with E-state index >= 15 is 0 Å². The van der Waals surface area contributed by atoms with Gasteiger partial charge in [0.1, 0.15) is 11.8 Å². The van der Waals surface area contributed by atoms with Gasteiger partial charge in [-0.05, 0) is 6.92 Å². The molecule has 0 aromatic heterocycles. The minimum absolute atomic E-state index is 0.419. The maximum Gasteiger partial charge on any atom is 0.352 e. The Hall–Kier alpha value is -0.900. The van der Waals surface area contributed by atoms with Gasteiger partial charge in [-0.3, -0.25) is 5.41 Å². The van der Waals surface area contributed by atoms with Gasteiger partial charge in [-0.1, -0.05) is 0 Å².